The highest BCUT2D eigenvalue weighted by atomic mass is 35.5. The number of hydrogen-bond acceptors (Lipinski definition) is 4. The fourth-order valence-corrected chi connectivity index (χ4v) is 5.51. The first-order chi connectivity index (χ1) is 17.4. The van der Waals surface area contributed by atoms with Crippen molar-refractivity contribution in [3.63, 3.8) is 0 Å². The largest absolute Gasteiger partial charge is 0.354 e. The Balaban J connectivity index is 2.26. The van der Waals surface area contributed by atoms with Gasteiger partial charge in [-0.3, -0.25) is 13.9 Å². The third-order valence-corrected chi connectivity index (χ3v) is 8.07. The van der Waals surface area contributed by atoms with E-state index in [1.54, 1.807) is 24.3 Å². The van der Waals surface area contributed by atoms with E-state index in [2.05, 4.69) is 5.32 Å². The molecule has 1 unspecified atom stereocenters. The van der Waals surface area contributed by atoms with E-state index in [1.165, 1.54) is 17.0 Å². The van der Waals surface area contributed by atoms with Crippen molar-refractivity contribution in [2.75, 3.05) is 23.7 Å². The van der Waals surface area contributed by atoms with Gasteiger partial charge in [-0.1, -0.05) is 66.3 Å². The molecule has 0 saturated heterocycles. The number of sulfonamides is 1. The number of halogens is 4. The van der Waals surface area contributed by atoms with Gasteiger partial charge < -0.3 is 10.2 Å². The first kappa shape index (κ1) is 31.5. The summed E-state index contributed by atoms with van der Waals surface area (Å²) in [6, 6.07) is 8.88. The zero-order valence-electron chi connectivity index (χ0n) is 20.9. The average Bonchev–Trinajstić information content (AvgIpc) is 2.83. The number of carbonyl (C=O) groups excluding carboxylic acids is 2. The smallest absolute Gasteiger partial charge is 0.242 e. The number of hydrogen-bond donors (Lipinski definition) is 1. The van der Waals surface area contributed by atoms with Gasteiger partial charge in [-0.25, -0.2) is 8.42 Å². The molecular weight excluding hydrogens is 580 g/mol. The molecule has 0 fully saturated rings. The fourth-order valence-electron chi connectivity index (χ4n) is 3.78. The van der Waals surface area contributed by atoms with Crippen molar-refractivity contribution in [1.29, 1.82) is 0 Å². The summed E-state index contributed by atoms with van der Waals surface area (Å²) in [6.07, 6.45) is 2.42. The molecular formula is C25H31Cl4N3O4S. The first-order valence-corrected chi connectivity index (χ1v) is 15.2. The van der Waals surface area contributed by atoms with E-state index in [9.17, 15) is 18.0 Å². The topological polar surface area (TPSA) is 86.8 Å². The van der Waals surface area contributed by atoms with Crippen LogP contribution in [0.25, 0.3) is 0 Å². The van der Waals surface area contributed by atoms with Gasteiger partial charge in [0.25, 0.3) is 0 Å². The van der Waals surface area contributed by atoms with Gasteiger partial charge in [0.1, 0.15) is 6.04 Å². The lowest BCUT2D eigenvalue weighted by Gasteiger charge is -2.31. The van der Waals surface area contributed by atoms with E-state index in [-0.39, 0.29) is 48.5 Å². The van der Waals surface area contributed by atoms with Crippen LogP contribution in [-0.4, -0.2) is 50.5 Å². The minimum atomic E-state index is -3.70. The highest BCUT2D eigenvalue weighted by molar-refractivity contribution is 7.92. The van der Waals surface area contributed by atoms with E-state index >= 15 is 0 Å². The van der Waals surface area contributed by atoms with Gasteiger partial charge in [0.05, 0.1) is 27.0 Å². The summed E-state index contributed by atoms with van der Waals surface area (Å²) in [5, 5.41) is 4.15. The van der Waals surface area contributed by atoms with E-state index in [1.807, 2.05) is 13.8 Å². The van der Waals surface area contributed by atoms with Crippen LogP contribution >= 0.6 is 46.4 Å². The maximum atomic E-state index is 13.4. The predicted molar refractivity (Wildman–Crippen MR) is 152 cm³/mol. The van der Waals surface area contributed by atoms with Crippen LogP contribution in [-0.2, 0) is 26.2 Å². The molecule has 0 saturated carbocycles. The molecule has 7 nitrogen and oxygen atoms in total. The van der Waals surface area contributed by atoms with Crippen LogP contribution in [0.4, 0.5) is 5.69 Å². The fraction of sp³-hybridized carbons (Fsp3) is 0.440. The molecule has 1 atom stereocenters. The standard InChI is InChI=1S/C25H31Cl4N3O4S/c1-4-12-30-25(34)22(5-2)31(16-17-8-10-19(27)21(29)14-17)24(33)7-6-13-32(37(3,35)36)23-15-18(26)9-11-20(23)28/h8-11,14-15,22H,4-7,12-13,16H2,1-3H3,(H,30,34). The minimum Gasteiger partial charge on any atom is -0.354 e. The summed E-state index contributed by atoms with van der Waals surface area (Å²) in [5.74, 6) is -0.545. The number of benzene rings is 2. The monoisotopic (exact) mass is 609 g/mol. The van der Waals surface area contributed by atoms with Crippen molar-refractivity contribution in [1.82, 2.24) is 10.2 Å². The lowest BCUT2D eigenvalue weighted by Crippen LogP contribution is -2.49. The van der Waals surface area contributed by atoms with Crippen LogP contribution < -0.4 is 9.62 Å². The number of anilines is 1. The van der Waals surface area contributed by atoms with Gasteiger partial charge in [0.15, 0.2) is 0 Å². The van der Waals surface area contributed by atoms with Crippen LogP contribution in [0.2, 0.25) is 20.1 Å². The van der Waals surface area contributed by atoms with E-state index in [0.29, 0.717) is 33.6 Å². The predicted octanol–water partition coefficient (Wildman–Crippen LogP) is 6.18. The van der Waals surface area contributed by atoms with E-state index in [4.69, 9.17) is 46.4 Å². The Kier molecular flexibility index (Phi) is 12.3. The maximum Gasteiger partial charge on any atom is 0.242 e. The molecule has 204 valence electrons. The molecule has 0 bridgehead atoms. The van der Waals surface area contributed by atoms with Gasteiger partial charge in [0.2, 0.25) is 21.8 Å². The van der Waals surface area contributed by atoms with Gasteiger partial charge in [-0.2, -0.15) is 0 Å². The normalized spacial score (nSPS) is 12.2. The van der Waals surface area contributed by atoms with Gasteiger partial charge in [-0.05, 0) is 55.2 Å². The lowest BCUT2D eigenvalue weighted by atomic mass is 10.1. The second-order valence-corrected chi connectivity index (χ2v) is 12.1. The molecule has 0 spiro atoms. The molecule has 0 heterocycles. The Morgan fingerprint density at radius 1 is 0.973 bits per heavy atom. The Morgan fingerprint density at radius 3 is 2.24 bits per heavy atom. The number of carbonyl (C=O) groups is 2. The number of rotatable bonds is 13. The molecule has 0 aliphatic heterocycles. The summed E-state index contributed by atoms with van der Waals surface area (Å²) in [5.41, 5.74) is 0.954. The summed E-state index contributed by atoms with van der Waals surface area (Å²) in [4.78, 5) is 27.8. The van der Waals surface area contributed by atoms with Crippen molar-refractivity contribution >= 4 is 73.9 Å². The molecule has 2 aromatic carbocycles. The van der Waals surface area contributed by atoms with Gasteiger partial charge in [-0.15, -0.1) is 0 Å². The average molecular weight is 611 g/mol. The van der Waals surface area contributed by atoms with Crippen molar-refractivity contribution in [2.45, 2.75) is 52.1 Å². The van der Waals surface area contributed by atoms with Gasteiger partial charge in [0, 0.05) is 31.1 Å². The van der Waals surface area contributed by atoms with E-state index < -0.39 is 16.1 Å². The number of nitrogens with one attached hydrogen (secondary N) is 1. The number of nitrogens with zero attached hydrogens (tertiary/aromatic N) is 2. The van der Waals surface area contributed by atoms with Crippen molar-refractivity contribution in [2.24, 2.45) is 0 Å². The first-order valence-electron chi connectivity index (χ1n) is 11.8. The molecule has 0 radical (unpaired) electrons. The Hall–Kier alpha value is -1.71. The van der Waals surface area contributed by atoms with Crippen molar-refractivity contribution in [3.05, 3.63) is 62.1 Å². The van der Waals surface area contributed by atoms with Crippen LogP contribution in [0, 0.1) is 0 Å². The highest BCUT2D eigenvalue weighted by Crippen LogP contribution is 2.31. The molecule has 2 aromatic rings. The molecule has 12 heteroatoms. The summed E-state index contributed by atoms with van der Waals surface area (Å²) in [7, 11) is -3.70. The van der Waals surface area contributed by atoms with Gasteiger partial charge >= 0.3 is 0 Å². The number of amides is 2. The van der Waals surface area contributed by atoms with Crippen LogP contribution in [0.1, 0.15) is 45.1 Å². The Labute approximate surface area is 239 Å². The van der Waals surface area contributed by atoms with Crippen LogP contribution in [0.5, 0.6) is 0 Å². The second-order valence-electron chi connectivity index (χ2n) is 8.52. The molecule has 0 aliphatic carbocycles. The van der Waals surface area contributed by atoms with Crippen LogP contribution in [0.15, 0.2) is 36.4 Å². The summed E-state index contributed by atoms with van der Waals surface area (Å²) in [6.45, 7) is 4.42. The Bertz CT molecular complexity index is 1210. The van der Waals surface area contributed by atoms with Crippen LogP contribution in [0.3, 0.4) is 0 Å². The minimum absolute atomic E-state index is 0.00306. The zero-order chi connectivity index (χ0) is 27.8. The van der Waals surface area contributed by atoms with Crippen molar-refractivity contribution in [3.8, 4) is 0 Å². The highest BCUT2D eigenvalue weighted by Gasteiger charge is 2.29. The quantitative estimate of drug-likeness (QED) is 0.293. The summed E-state index contributed by atoms with van der Waals surface area (Å²) < 4.78 is 26.1. The molecule has 2 rings (SSSR count). The van der Waals surface area contributed by atoms with E-state index in [0.717, 1.165) is 17.0 Å². The maximum absolute atomic E-state index is 13.4. The molecule has 0 aromatic heterocycles. The molecule has 0 aliphatic rings. The SMILES string of the molecule is CCCNC(=O)C(CC)N(Cc1ccc(Cl)c(Cl)c1)C(=O)CCCN(c1cc(Cl)ccc1Cl)S(C)(=O)=O. The molecule has 2 amide bonds. The molecule has 1 N–H and O–H groups in total. The third kappa shape index (κ3) is 9.21. The Morgan fingerprint density at radius 2 is 1.65 bits per heavy atom. The zero-order valence-corrected chi connectivity index (χ0v) is 24.8. The molecule has 37 heavy (non-hydrogen) atoms. The van der Waals surface area contributed by atoms with Crippen molar-refractivity contribution < 1.29 is 18.0 Å². The third-order valence-electron chi connectivity index (χ3n) is 5.60. The summed E-state index contributed by atoms with van der Waals surface area (Å²) >= 11 is 24.5. The lowest BCUT2D eigenvalue weighted by molar-refractivity contribution is -0.141. The second kappa shape index (κ2) is 14.4.